The molecule has 0 aliphatic carbocycles. The minimum atomic E-state index is -0.681. The Balaban J connectivity index is 2.33. The zero-order valence-corrected chi connectivity index (χ0v) is 10.7. The summed E-state index contributed by atoms with van der Waals surface area (Å²) in [6.07, 6.45) is 1.14. The van der Waals surface area contributed by atoms with Gasteiger partial charge in [0.15, 0.2) is 16.2 Å². The number of amides is 1. The van der Waals surface area contributed by atoms with E-state index < -0.39 is 17.3 Å². The largest absolute Gasteiger partial charge is 0.494 e. The second kappa shape index (κ2) is 5.25. The van der Waals surface area contributed by atoms with Gasteiger partial charge in [-0.3, -0.25) is 14.6 Å². The normalized spacial score (nSPS) is 10.2. The Morgan fingerprint density at radius 3 is 2.47 bits per heavy atom. The van der Waals surface area contributed by atoms with Crippen molar-refractivity contribution >= 4 is 34.8 Å². The third-order valence-electron chi connectivity index (χ3n) is 2.09. The van der Waals surface area contributed by atoms with Gasteiger partial charge in [0.1, 0.15) is 12.0 Å². The van der Waals surface area contributed by atoms with E-state index in [1.54, 1.807) is 0 Å². The van der Waals surface area contributed by atoms with E-state index in [4.69, 9.17) is 23.2 Å². The Morgan fingerprint density at radius 2 is 1.89 bits per heavy atom. The van der Waals surface area contributed by atoms with Crippen LogP contribution in [0.3, 0.4) is 0 Å². The molecule has 0 unspecified atom stereocenters. The zero-order valence-electron chi connectivity index (χ0n) is 9.15. The highest BCUT2D eigenvalue weighted by Gasteiger charge is 2.14. The van der Waals surface area contributed by atoms with Crippen molar-refractivity contribution in [3.05, 3.63) is 44.7 Å². The van der Waals surface area contributed by atoms with Crippen LogP contribution >= 0.6 is 23.2 Å². The summed E-state index contributed by atoms with van der Waals surface area (Å²) >= 11 is 11.5. The highest BCUT2D eigenvalue weighted by atomic mass is 35.5. The average molecular weight is 301 g/mol. The van der Waals surface area contributed by atoms with Crippen LogP contribution in [0.15, 0.2) is 23.3 Å². The van der Waals surface area contributed by atoms with Crippen molar-refractivity contribution in [2.75, 3.05) is 5.32 Å². The highest BCUT2D eigenvalue weighted by Crippen LogP contribution is 2.26. The van der Waals surface area contributed by atoms with Crippen LogP contribution < -0.4 is 10.9 Å². The number of aromatic hydroxyl groups is 1. The van der Waals surface area contributed by atoms with Gasteiger partial charge in [-0.25, -0.2) is 9.97 Å². The number of anilines is 1. The number of nitrogens with zero attached hydrogens (tertiary/aromatic N) is 2. The fraction of sp³-hybridized carbons (Fsp3) is 0. The number of rotatable bonds is 2. The third-order valence-corrected chi connectivity index (χ3v) is 2.66. The lowest BCUT2D eigenvalue weighted by Gasteiger charge is -2.07. The quantitative estimate of drug-likeness (QED) is 0.727. The van der Waals surface area contributed by atoms with Crippen molar-refractivity contribution in [1.82, 2.24) is 15.0 Å². The number of aromatic amines is 1. The summed E-state index contributed by atoms with van der Waals surface area (Å²) in [6, 6.07) is 2.10. The molecule has 0 aliphatic heterocycles. The van der Waals surface area contributed by atoms with Crippen LogP contribution in [-0.4, -0.2) is 26.0 Å². The van der Waals surface area contributed by atoms with Gasteiger partial charge in [-0.1, -0.05) is 23.2 Å². The monoisotopic (exact) mass is 300 g/mol. The van der Waals surface area contributed by atoms with E-state index in [0.29, 0.717) is 0 Å². The number of carbonyl (C=O) groups is 1. The van der Waals surface area contributed by atoms with Gasteiger partial charge in [0.05, 0.1) is 5.56 Å². The Hall–Kier alpha value is -2.12. The molecular weight excluding hydrogens is 295 g/mol. The van der Waals surface area contributed by atoms with Crippen LogP contribution in [0.25, 0.3) is 0 Å². The maximum absolute atomic E-state index is 11.9. The molecule has 0 bridgehead atoms. The van der Waals surface area contributed by atoms with Crippen LogP contribution in [0, 0.1) is 0 Å². The molecule has 7 nitrogen and oxygen atoms in total. The first-order valence-electron chi connectivity index (χ1n) is 4.88. The Morgan fingerprint density at radius 1 is 1.26 bits per heavy atom. The molecule has 0 spiro atoms. The summed E-state index contributed by atoms with van der Waals surface area (Å²) in [6.45, 7) is 0. The fourth-order valence-corrected chi connectivity index (χ4v) is 1.70. The topological polar surface area (TPSA) is 108 Å². The predicted molar refractivity (Wildman–Crippen MR) is 68.7 cm³/mol. The second-order valence-corrected chi connectivity index (χ2v) is 4.12. The fourth-order valence-electron chi connectivity index (χ4n) is 1.29. The third kappa shape index (κ3) is 3.01. The van der Waals surface area contributed by atoms with Crippen LogP contribution in [0.4, 0.5) is 5.69 Å². The summed E-state index contributed by atoms with van der Waals surface area (Å²) in [4.78, 5) is 32.4. The molecule has 2 aromatic rings. The molecule has 3 N–H and O–H groups in total. The van der Waals surface area contributed by atoms with Crippen LogP contribution in [-0.2, 0) is 0 Å². The van der Waals surface area contributed by atoms with Gasteiger partial charge in [-0.2, -0.15) is 0 Å². The molecule has 2 heterocycles. The van der Waals surface area contributed by atoms with E-state index in [1.165, 1.54) is 0 Å². The van der Waals surface area contributed by atoms with Crippen LogP contribution in [0.5, 0.6) is 5.88 Å². The number of hydrogen-bond acceptors (Lipinski definition) is 5. The van der Waals surface area contributed by atoms with E-state index >= 15 is 0 Å². The lowest BCUT2D eigenvalue weighted by Crippen LogP contribution is -2.16. The Kier molecular flexibility index (Phi) is 3.68. The van der Waals surface area contributed by atoms with E-state index in [-0.39, 0.29) is 21.6 Å². The minimum Gasteiger partial charge on any atom is -0.494 e. The van der Waals surface area contributed by atoms with Gasteiger partial charge < -0.3 is 10.4 Å². The predicted octanol–water partition coefficient (Wildman–Crippen LogP) is 1.43. The van der Waals surface area contributed by atoms with Crippen molar-refractivity contribution in [3.63, 3.8) is 0 Å². The number of hydrogen-bond donors (Lipinski definition) is 3. The molecule has 19 heavy (non-hydrogen) atoms. The van der Waals surface area contributed by atoms with Gasteiger partial charge in [-0.05, 0) is 0 Å². The molecule has 0 fully saturated rings. The van der Waals surface area contributed by atoms with Gasteiger partial charge in [-0.15, -0.1) is 0 Å². The first kappa shape index (κ1) is 13.3. The first-order chi connectivity index (χ1) is 8.97. The summed E-state index contributed by atoms with van der Waals surface area (Å²) in [5, 5.41) is 11.5. The summed E-state index contributed by atoms with van der Waals surface area (Å²) in [5.41, 5.74) is -0.653. The number of halogens is 2. The molecule has 1 amide bonds. The number of H-pyrrole nitrogens is 1. The molecule has 0 saturated carbocycles. The van der Waals surface area contributed by atoms with Crippen LogP contribution in [0.1, 0.15) is 10.4 Å². The van der Waals surface area contributed by atoms with Crippen LogP contribution in [0.2, 0.25) is 10.3 Å². The lowest BCUT2D eigenvalue weighted by molar-refractivity contribution is 0.102. The SMILES string of the molecule is O=C(Nc1c(Cl)ncnc1Cl)c1cc(O)[nH]c(=O)c1. The van der Waals surface area contributed by atoms with Crippen molar-refractivity contribution < 1.29 is 9.90 Å². The number of nitrogens with one attached hydrogen (secondary N) is 2. The van der Waals surface area contributed by atoms with Crippen molar-refractivity contribution in [2.45, 2.75) is 0 Å². The van der Waals surface area contributed by atoms with Gasteiger partial charge in [0.25, 0.3) is 11.5 Å². The molecule has 0 radical (unpaired) electrons. The Bertz CT molecular complexity index is 681. The van der Waals surface area contributed by atoms with Gasteiger partial charge >= 0.3 is 0 Å². The van der Waals surface area contributed by atoms with E-state index in [2.05, 4.69) is 20.3 Å². The molecule has 0 aromatic carbocycles. The summed E-state index contributed by atoms with van der Waals surface area (Å²) in [5.74, 6) is -1.11. The minimum absolute atomic E-state index is 0.0237. The number of pyridine rings is 1. The summed E-state index contributed by atoms with van der Waals surface area (Å²) in [7, 11) is 0. The number of aromatic nitrogens is 3. The second-order valence-electron chi connectivity index (χ2n) is 3.40. The van der Waals surface area contributed by atoms with Crippen molar-refractivity contribution in [1.29, 1.82) is 0 Å². The van der Waals surface area contributed by atoms with E-state index in [0.717, 1.165) is 18.5 Å². The average Bonchev–Trinajstić information content (AvgIpc) is 2.32. The lowest BCUT2D eigenvalue weighted by atomic mass is 10.2. The molecule has 9 heteroatoms. The van der Waals surface area contributed by atoms with Crippen molar-refractivity contribution in [2.24, 2.45) is 0 Å². The number of carbonyl (C=O) groups excluding carboxylic acids is 1. The maximum Gasteiger partial charge on any atom is 0.256 e. The standard InChI is InChI=1S/C10H6Cl2N4O3/c11-8-7(9(12)14-3-13-8)16-10(19)4-1-5(17)15-6(18)2-4/h1-3H,(H,16,19)(H2,15,17,18). The summed E-state index contributed by atoms with van der Waals surface area (Å²) < 4.78 is 0. The zero-order chi connectivity index (χ0) is 14.0. The molecule has 0 saturated heterocycles. The molecule has 2 aromatic heterocycles. The van der Waals surface area contributed by atoms with Gasteiger partial charge in [0, 0.05) is 12.1 Å². The molecule has 2 rings (SSSR count). The molecule has 98 valence electrons. The Labute approximate surface area is 116 Å². The molecule has 0 aliphatic rings. The molecular formula is C10H6Cl2N4O3. The smallest absolute Gasteiger partial charge is 0.256 e. The van der Waals surface area contributed by atoms with Crippen molar-refractivity contribution in [3.8, 4) is 5.88 Å². The first-order valence-corrected chi connectivity index (χ1v) is 5.63. The molecule has 0 atom stereocenters. The highest BCUT2D eigenvalue weighted by molar-refractivity contribution is 6.38. The van der Waals surface area contributed by atoms with E-state index in [9.17, 15) is 14.7 Å². The van der Waals surface area contributed by atoms with E-state index in [1.807, 2.05) is 0 Å². The van der Waals surface area contributed by atoms with Gasteiger partial charge in [0.2, 0.25) is 0 Å². The maximum atomic E-state index is 11.9.